The van der Waals surface area contributed by atoms with Crippen LogP contribution in [0.25, 0.3) is 0 Å². The molecule has 1 unspecified atom stereocenters. The van der Waals surface area contributed by atoms with Gasteiger partial charge in [0.15, 0.2) is 0 Å². The summed E-state index contributed by atoms with van der Waals surface area (Å²) < 4.78 is 47.0. The Kier molecular flexibility index (Phi) is 1.16. The molecule has 13 heavy (non-hydrogen) atoms. The molecular formula is C11H14O2. The molecule has 0 aromatic heterocycles. The topological polar surface area (TPSA) is 21.8 Å². The molecule has 2 nitrogen and oxygen atoms in total. The molecule has 0 N–H and O–H groups in total. The van der Waals surface area contributed by atoms with Gasteiger partial charge >= 0.3 is 0 Å². The Morgan fingerprint density at radius 2 is 2.23 bits per heavy atom. The van der Waals surface area contributed by atoms with Gasteiger partial charge in [0.25, 0.3) is 0 Å². The second kappa shape index (κ2) is 3.38. The quantitative estimate of drug-likeness (QED) is 0.669. The molecule has 0 aliphatic carbocycles. The van der Waals surface area contributed by atoms with Gasteiger partial charge in [0.05, 0.1) is 13.4 Å². The number of aryl methyl sites for hydroxylation is 2. The first-order valence-corrected chi connectivity index (χ1v) is 4.05. The van der Waals surface area contributed by atoms with Crippen molar-refractivity contribution in [3.63, 3.8) is 0 Å². The van der Waals surface area contributed by atoms with Crippen LogP contribution in [0.3, 0.4) is 0 Å². The van der Waals surface area contributed by atoms with E-state index < -0.39 is 19.2 Å². The zero-order chi connectivity index (χ0) is 13.8. The maximum Gasteiger partial charge on any atom is 0.119 e. The van der Waals surface area contributed by atoms with Crippen molar-refractivity contribution in [1.29, 1.82) is 0 Å². The first-order valence-electron chi connectivity index (χ1n) is 6.55. The van der Waals surface area contributed by atoms with Crippen LogP contribution in [0, 0.1) is 13.8 Å². The first-order chi connectivity index (χ1) is 8.07. The molecular weight excluding hydrogens is 164 g/mol. The van der Waals surface area contributed by atoms with Crippen LogP contribution in [0.1, 0.15) is 18.0 Å². The van der Waals surface area contributed by atoms with Gasteiger partial charge in [0, 0.05) is 0 Å². The van der Waals surface area contributed by atoms with E-state index in [0.29, 0.717) is 0 Å². The van der Waals surface area contributed by atoms with Crippen LogP contribution in [0.2, 0.25) is 0 Å². The lowest BCUT2D eigenvalue weighted by Crippen LogP contribution is -2.04. The molecule has 1 aliphatic rings. The number of rotatable bonds is 3. The zero-order valence-corrected chi connectivity index (χ0v) is 7.55. The normalized spacial score (nSPS) is 36.3. The summed E-state index contributed by atoms with van der Waals surface area (Å²) in [5, 5.41) is 0. The molecule has 0 amide bonds. The highest BCUT2D eigenvalue weighted by Gasteiger charge is 2.22. The molecule has 0 radical (unpaired) electrons. The molecule has 1 saturated heterocycles. The van der Waals surface area contributed by atoms with E-state index >= 15 is 0 Å². The van der Waals surface area contributed by atoms with Gasteiger partial charge in [-0.2, -0.15) is 0 Å². The maximum absolute atomic E-state index is 7.67. The van der Waals surface area contributed by atoms with Gasteiger partial charge in [-0.1, -0.05) is 6.07 Å². The summed E-state index contributed by atoms with van der Waals surface area (Å²) in [5.41, 5.74) is 1.80. The summed E-state index contributed by atoms with van der Waals surface area (Å²) in [7, 11) is 0. The molecule has 1 fully saturated rings. The van der Waals surface area contributed by atoms with Gasteiger partial charge in [0.2, 0.25) is 0 Å². The monoisotopic (exact) mass is 183 g/mol. The second-order valence-corrected chi connectivity index (χ2v) is 3.06. The van der Waals surface area contributed by atoms with E-state index in [1.54, 1.807) is 12.1 Å². The Morgan fingerprint density at radius 3 is 2.77 bits per heavy atom. The zero-order valence-electron chi connectivity index (χ0n) is 12.5. The molecule has 0 spiro atoms. The predicted molar refractivity (Wildman–Crippen MR) is 51.2 cm³/mol. The van der Waals surface area contributed by atoms with E-state index in [2.05, 4.69) is 4.74 Å². The van der Waals surface area contributed by atoms with Crippen molar-refractivity contribution >= 4 is 0 Å². The van der Waals surface area contributed by atoms with Crippen LogP contribution in [0.5, 0.6) is 5.75 Å². The summed E-state index contributed by atoms with van der Waals surface area (Å²) in [5.74, 6) is 0.260. The van der Waals surface area contributed by atoms with Crippen molar-refractivity contribution in [3.8, 4) is 5.75 Å². The fourth-order valence-electron chi connectivity index (χ4n) is 1.16. The third-order valence-electron chi connectivity index (χ3n) is 1.66. The van der Waals surface area contributed by atoms with E-state index in [1.165, 1.54) is 0 Å². The summed E-state index contributed by atoms with van der Waals surface area (Å²) in [6, 6.07) is 5.17. The average molecular weight is 183 g/mol. The van der Waals surface area contributed by atoms with Crippen molar-refractivity contribution in [2.24, 2.45) is 0 Å². The highest BCUT2D eigenvalue weighted by atomic mass is 16.6. The third kappa shape index (κ3) is 2.46. The summed E-state index contributed by atoms with van der Waals surface area (Å²) in [6.07, 6.45) is -2.32. The fraction of sp³-hybridized carbons (Fsp3) is 0.455. The Balaban J connectivity index is 2.23. The van der Waals surface area contributed by atoms with Crippen LogP contribution in [0.4, 0.5) is 0 Å². The molecule has 1 heterocycles. The van der Waals surface area contributed by atoms with Crippen LogP contribution in [0.15, 0.2) is 18.2 Å². The maximum atomic E-state index is 7.67. The van der Waals surface area contributed by atoms with Crippen molar-refractivity contribution in [3.05, 3.63) is 29.3 Å². The van der Waals surface area contributed by atoms with E-state index in [0.717, 1.165) is 11.1 Å². The third-order valence-corrected chi connectivity index (χ3v) is 1.66. The van der Waals surface area contributed by atoms with Crippen LogP contribution >= 0.6 is 0 Å². The minimum absolute atomic E-state index is 0.260. The van der Waals surface area contributed by atoms with Gasteiger partial charge in [-0.05, 0) is 37.1 Å². The number of hydrogen-bond acceptors (Lipinski definition) is 2. The van der Waals surface area contributed by atoms with Crippen LogP contribution in [-0.2, 0) is 4.74 Å². The predicted octanol–water partition coefficient (Wildman–Crippen LogP) is 2.08. The number of ether oxygens (including phenoxy) is 2. The molecule has 2 heteroatoms. The van der Waals surface area contributed by atoms with Gasteiger partial charge in [-0.15, -0.1) is 0 Å². The Hall–Kier alpha value is -1.02. The summed E-state index contributed by atoms with van der Waals surface area (Å²) in [4.78, 5) is 0. The Bertz CT molecular complexity index is 468. The number of benzene rings is 1. The lowest BCUT2D eigenvalue weighted by atomic mass is 10.1. The van der Waals surface area contributed by atoms with Crippen LogP contribution in [-0.4, -0.2) is 19.2 Å². The molecule has 0 bridgehead atoms. The lowest BCUT2D eigenvalue weighted by molar-refractivity contribution is 0.263. The molecule has 0 saturated carbocycles. The highest BCUT2D eigenvalue weighted by molar-refractivity contribution is 5.33. The minimum atomic E-state index is -2.56. The SMILES string of the molecule is [2H]C([2H])(Oc1cc(C)cc(C)c1)C1([2H])OC1([2H])[2H]. The molecule has 1 aromatic rings. The molecule has 1 atom stereocenters. The van der Waals surface area contributed by atoms with E-state index in [9.17, 15) is 0 Å². The van der Waals surface area contributed by atoms with E-state index in [-0.39, 0.29) is 5.75 Å². The van der Waals surface area contributed by atoms with Gasteiger partial charge in [-0.25, -0.2) is 0 Å². The largest absolute Gasteiger partial charge is 0.491 e. The van der Waals surface area contributed by atoms with Gasteiger partial charge < -0.3 is 9.47 Å². The van der Waals surface area contributed by atoms with Gasteiger partial charge in [-0.3, -0.25) is 0 Å². The standard InChI is InChI=1S/C11H14O2/c1-8-3-9(2)5-10(4-8)12-6-11-7-13-11/h3-5,11H,6-7H2,1-2H3/i6D2,7D2,11D. The number of epoxide rings is 1. The van der Waals surface area contributed by atoms with Crippen molar-refractivity contribution in [1.82, 2.24) is 0 Å². The van der Waals surface area contributed by atoms with E-state index in [4.69, 9.17) is 11.6 Å². The molecule has 1 aromatic carbocycles. The molecule has 70 valence electrons. The Morgan fingerprint density at radius 1 is 1.62 bits per heavy atom. The van der Waals surface area contributed by atoms with Gasteiger partial charge in [0.1, 0.15) is 18.4 Å². The smallest absolute Gasteiger partial charge is 0.119 e. The number of hydrogen-bond donors (Lipinski definition) is 0. The summed E-state index contributed by atoms with van der Waals surface area (Å²) >= 11 is 0. The average Bonchev–Trinajstić information content (AvgIpc) is 2.64. The second-order valence-electron chi connectivity index (χ2n) is 3.06. The molecule has 1 aliphatic heterocycles. The van der Waals surface area contributed by atoms with Crippen molar-refractivity contribution < 1.29 is 16.3 Å². The lowest BCUT2D eigenvalue weighted by Gasteiger charge is -2.06. The highest BCUT2D eigenvalue weighted by Crippen LogP contribution is 2.18. The van der Waals surface area contributed by atoms with Crippen molar-refractivity contribution in [2.75, 3.05) is 13.1 Å². The van der Waals surface area contributed by atoms with Crippen molar-refractivity contribution in [2.45, 2.75) is 19.9 Å². The van der Waals surface area contributed by atoms with Crippen LogP contribution < -0.4 is 4.74 Å². The minimum Gasteiger partial charge on any atom is -0.491 e. The summed E-state index contributed by atoms with van der Waals surface area (Å²) in [6.45, 7) is -1.19. The Labute approximate surface area is 85.5 Å². The van der Waals surface area contributed by atoms with E-state index in [1.807, 2.05) is 19.9 Å². The first kappa shape index (κ1) is 4.47. The fourth-order valence-corrected chi connectivity index (χ4v) is 1.16. The molecule has 2 rings (SSSR count).